The summed E-state index contributed by atoms with van der Waals surface area (Å²) in [6, 6.07) is 12.5. The third kappa shape index (κ3) is 4.73. The zero-order valence-corrected chi connectivity index (χ0v) is 14.8. The second-order valence-corrected chi connectivity index (χ2v) is 6.91. The van der Waals surface area contributed by atoms with Crippen LogP contribution in [0.15, 0.2) is 47.6 Å². The minimum atomic E-state index is -0.665. The maximum Gasteiger partial charge on any atom is 0.437 e. The summed E-state index contributed by atoms with van der Waals surface area (Å²) in [7, 11) is 0. The molecule has 1 N–H and O–H groups in total. The number of aryl methyl sites for hydroxylation is 1. The Balaban J connectivity index is 1.57. The molecule has 5 nitrogen and oxygen atoms in total. The van der Waals surface area contributed by atoms with E-state index >= 15 is 0 Å². The van der Waals surface area contributed by atoms with Gasteiger partial charge in [-0.05, 0) is 80.3 Å². The van der Waals surface area contributed by atoms with E-state index in [0.717, 1.165) is 29.7 Å². The average Bonchev–Trinajstić information content (AvgIpc) is 2.56. The summed E-state index contributed by atoms with van der Waals surface area (Å²) in [5.74, 6) is 0.898. The van der Waals surface area contributed by atoms with Crippen molar-refractivity contribution >= 4 is 29.6 Å². The van der Waals surface area contributed by atoms with Crippen LogP contribution in [-0.2, 0) is 11.3 Å². The number of amides is 1. The van der Waals surface area contributed by atoms with Crippen molar-refractivity contribution in [2.75, 3.05) is 5.32 Å². The van der Waals surface area contributed by atoms with Gasteiger partial charge in [0.2, 0.25) is 0 Å². The highest BCUT2D eigenvalue weighted by Crippen LogP contribution is 2.33. The van der Waals surface area contributed by atoms with Crippen LogP contribution >= 0.6 is 11.6 Å². The number of carbonyl (C=O) groups is 1. The number of rotatable bonds is 3. The zero-order valence-electron chi connectivity index (χ0n) is 14.1. The third-order valence-electron chi connectivity index (χ3n) is 3.90. The van der Waals surface area contributed by atoms with Crippen LogP contribution in [0.1, 0.15) is 31.4 Å². The van der Waals surface area contributed by atoms with Gasteiger partial charge in [-0.1, -0.05) is 16.8 Å². The molecule has 0 unspecified atom stereocenters. The van der Waals surface area contributed by atoms with E-state index in [-0.39, 0.29) is 5.60 Å². The summed E-state index contributed by atoms with van der Waals surface area (Å²) in [6.07, 6.45) is 2.74. The van der Waals surface area contributed by atoms with E-state index in [9.17, 15) is 4.79 Å². The molecule has 0 spiro atoms. The highest BCUT2D eigenvalue weighted by molar-refractivity contribution is 6.30. The van der Waals surface area contributed by atoms with Gasteiger partial charge in [-0.25, -0.2) is 4.79 Å². The van der Waals surface area contributed by atoms with Gasteiger partial charge in [0.05, 0.1) is 6.21 Å². The van der Waals surface area contributed by atoms with Crippen molar-refractivity contribution in [2.24, 2.45) is 5.16 Å². The first-order valence-electron chi connectivity index (χ1n) is 8.00. The first kappa shape index (κ1) is 17.3. The van der Waals surface area contributed by atoms with Crippen LogP contribution in [0, 0.1) is 0 Å². The van der Waals surface area contributed by atoms with Gasteiger partial charge in [-0.15, -0.1) is 0 Å². The lowest BCUT2D eigenvalue weighted by molar-refractivity contribution is 0.0847. The van der Waals surface area contributed by atoms with Crippen molar-refractivity contribution in [3.05, 3.63) is 58.6 Å². The van der Waals surface area contributed by atoms with Crippen molar-refractivity contribution in [2.45, 2.75) is 32.3 Å². The van der Waals surface area contributed by atoms with Crippen LogP contribution in [-0.4, -0.2) is 17.9 Å². The highest BCUT2D eigenvalue weighted by atomic mass is 35.5. The molecule has 130 valence electrons. The molecule has 6 heteroatoms. The fourth-order valence-electron chi connectivity index (χ4n) is 2.57. The Morgan fingerprint density at radius 3 is 2.80 bits per heavy atom. The standard InChI is InChI=1S/C19H19ClN2O3/c1-19(2)10-9-14-11-13(3-8-17(14)24-19)12-21-25-18(23)22-16-6-4-15(20)5-7-16/h3-8,11-12H,9-10H2,1-2H3,(H,22,23). The topological polar surface area (TPSA) is 59.9 Å². The van der Waals surface area contributed by atoms with Gasteiger partial charge in [-0.2, -0.15) is 0 Å². The predicted molar refractivity (Wildman–Crippen MR) is 98.6 cm³/mol. The SMILES string of the molecule is CC1(C)CCc2cc(C=NOC(=O)Nc3ccc(Cl)cc3)ccc2O1. The Morgan fingerprint density at radius 1 is 1.28 bits per heavy atom. The largest absolute Gasteiger partial charge is 0.488 e. The normalized spacial score (nSPS) is 15.3. The Labute approximate surface area is 151 Å². The minimum Gasteiger partial charge on any atom is -0.488 e. The van der Waals surface area contributed by atoms with E-state index in [4.69, 9.17) is 21.2 Å². The fourth-order valence-corrected chi connectivity index (χ4v) is 2.69. The number of anilines is 1. The Morgan fingerprint density at radius 2 is 2.04 bits per heavy atom. The van der Waals surface area contributed by atoms with E-state index < -0.39 is 6.09 Å². The summed E-state index contributed by atoms with van der Waals surface area (Å²) < 4.78 is 5.94. The molecule has 0 radical (unpaired) electrons. The number of ether oxygens (including phenoxy) is 1. The maximum atomic E-state index is 11.7. The van der Waals surface area contributed by atoms with Crippen molar-refractivity contribution < 1.29 is 14.4 Å². The first-order valence-corrected chi connectivity index (χ1v) is 8.38. The molecule has 0 fully saturated rings. The van der Waals surface area contributed by atoms with Crippen molar-refractivity contribution in [3.63, 3.8) is 0 Å². The average molecular weight is 359 g/mol. The summed E-state index contributed by atoms with van der Waals surface area (Å²) in [5, 5.41) is 6.88. The molecule has 3 rings (SSSR count). The Hall–Kier alpha value is -2.53. The number of fused-ring (bicyclic) bond motifs is 1. The summed E-state index contributed by atoms with van der Waals surface area (Å²) in [6.45, 7) is 4.16. The van der Waals surface area contributed by atoms with E-state index in [2.05, 4.69) is 24.3 Å². The molecule has 0 atom stereocenters. The van der Waals surface area contributed by atoms with E-state index in [1.165, 1.54) is 6.21 Å². The second-order valence-electron chi connectivity index (χ2n) is 6.47. The lowest BCUT2D eigenvalue weighted by Gasteiger charge is -2.32. The van der Waals surface area contributed by atoms with Crippen LogP contribution in [0.4, 0.5) is 10.5 Å². The van der Waals surface area contributed by atoms with Gasteiger partial charge in [0.25, 0.3) is 0 Å². The molecule has 25 heavy (non-hydrogen) atoms. The molecule has 0 saturated heterocycles. The lowest BCUT2D eigenvalue weighted by Crippen LogP contribution is -2.32. The zero-order chi connectivity index (χ0) is 17.9. The molecule has 1 aliphatic heterocycles. The van der Waals surface area contributed by atoms with Crippen molar-refractivity contribution in [3.8, 4) is 5.75 Å². The lowest BCUT2D eigenvalue weighted by atomic mass is 9.93. The molecule has 1 heterocycles. The molecule has 1 aliphatic rings. The third-order valence-corrected chi connectivity index (χ3v) is 4.15. The van der Waals surface area contributed by atoms with E-state index in [0.29, 0.717) is 10.7 Å². The number of hydrogen-bond donors (Lipinski definition) is 1. The number of carbonyl (C=O) groups excluding carboxylic acids is 1. The predicted octanol–water partition coefficient (Wildman–Crippen LogP) is 5.03. The molecule has 0 saturated carbocycles. The molecule has 2 aromatic rings. The van der Waals surface area contributed by atoms with Gasteiger partial charge < -0.3 is 4.74 Å². The molecule has 0 bridgehead atoms. The summed E-state index contributed by atoms with van der Waals surface area (Å²) >= 11 is 5.79. The van der Waals surface area contributed by atoms with Gasteiger partial charge >= 0.3 is 6.09 Å². The fraction of sp³-hybridized carbons (Fsp3) is 0.263. The van der Waals surface area contributed by atoms with Crippen LogP contribution in [0.25, 0.3) is 0 Å². The maximum absolute atomic E-state index is 11.7. The molecule has 0 aromatic heterocycles. The number of oxime groups is 1. The highest BCUT2D eigenvalue weighted by Gasteiger charge is 2.26. The van der Waals surface area contributed by atoms with Crippen LogP contribution in [0.3, 0.4) is 0 Å². The Bertz CT molecular complexity index is 801. The number of hydrogen-bond acceptors (Lipinski definition) is 4. The van der Waals surface area contributed by atoms with Crippen molar-refractivity contribution in [1.82, 2.24) is 0 Å². The van der Waals surface area contributed by atoms with Crippen LogP contribution < -0.4 is 10.1 Å². The van der Waals surface area contributed by atoms with Crippen LogP contribution in [0.5, 0.6) is 5.75 Å². The van der Waals surface area contributed by atoms with Gasteiger partial charge in [-0.3, -0.25) is 10.2 Å². The summed E-state index contributed by atoms with van der Waals surface area (Å²) in [5.41, 5.74) is 2.43. The molecule has 1 amide bonds. The molecule has 2 aromatic carbocycles. The number of nitrogens with one attached hydrogen (secondary N) is 1. The monoisotopic (exact) mass is 358 g/mol. The van der Waals surface area contributed by atoms with Crippen molar-refractivity contribution in [1.29, 1.82) is 0 Å². The van der Waals surface area contributed by atoms with E-state index in [1.54, 1.807) is 24.3 Å². The van der Waals surface area contributed by atoms with Crippen LogP contribution in [0.2, 0.25) is 5.02 Å². The molecular weight excluding hydrogens is 340 g/mol. The van der Waals surface area contributed by atoms with Gasteiger partial charge in [0.15, 0.2) is 0 Å². The first-order chi connectivity index (χ1) is 11.9. The number of benzene rings is 2. The quantitative estimate of drug-likeness (QED) is 0.475. The molecular formula is C19H19ClN2O3. The smallest absolute Gasteiger partial charge is 0.437 e. The Kier molecular flexibility index (Phi) is 4.95. The second kappa shape index (κ2) is 7.15. The summed E-state index contributed by atoms with van der Waals surface area (Å²) in [4.78, 5) is 16.5. The number of halogens is 1. The minimum absolute atomic E-state index is 0.133. The van der Waals surface area contributed by atoms with Gasteiger partial charge in [0, 0.05) is 10.7 Å². The van der Waals surface area contributed by atoms with E-state index in [1.807, 2.05) is 18.2 Å². The van der Waals surface area contributed by atoms with Gasteiger partial charge in [0.1, 0.15) is 11.4 Å². The molecule has 0 aliphatic carbocycles. The number of nitrogens with zero attached hydrogens (tertiary/aromatic N) is 1.